The van der Waals surface area contributed by atoms with Crippen molar-refractivity contribution in [2.24, 2.45) is 4.99 Å². The van der Waals surface area contributed by atoms with E-state index in [0.29, 0.717) is 29.8 Å². The molecule has 0 saturated carbocycles. The predicted octanol–water partition coefficient (Wildman–Crippen LogP) is 3.44. The number of aryl methyl sites for hydroxylation is 1. The van der Waals surface area contributed by atoms with Crippen molar-refractivity contribution < 1.29 is 18.0 Å². The summed E-state index contributed by atoms with van der Waals surface area (Å²) in [6.45, 7) is 0. The molecule has 1 aliphatic heterocycles. The Labute approximate surface area is 142 Å². The molecule has 4 rings (SSSR count). The van der Waals surface area contributed by atoms with Gasteiger partial charge < -0.3 is 5.32 Å². The minimum Gasteiger partial charge on any atom is -0.309 e. The Bertz CT molecular complexity index is 917. The molecular weight excluding hydrogens is 329 g/mol. The van der Waals surface area contributed by atoms with Gasteiger partial charge in [-0.25, -0.2) is 0 Å². The number of alkyl halides is 3. The molecule has 128 valence electrons. The Morgan fingerprint density at radius 3 is 2.60 bits per heavy atom. The van der Waals surface area contributed by atoms with Gasteiger partial charge in [-0.1, -0.05) is 30.3 Å². The van der Waals surface area contributed by atoms with E-state index < -0.39 is 17.2 Å². The van der Waals surface area contributed by atoms with Gasteiger partial charge in [0.25, 0.3) is 0 Å². The van der Waals surface area contributed by atoms with Crippen LogP contribution in [0.5, 0.6) is 0 Å². The van der Waals surface area contributed by atoms with Crippen LogP contribution in [0.2, 0.25) is 0 Å². The van der Waals surface area contributed by atoms with E-state index in [2.05, 4.69) is 10.3 Å². The number of carbonyl (C=O) groups is 1. The lowest BCUT2D eigenvalue weighted by Crippen LogP contribution is -2.52. The largest absolute Gasteiger partial charge is 0.416 e. The third kappa shape index (κ3) is 2.13. The van der Waals surface area contributed by atoms with Crippen LogP contribution in [0, 0.1) is 0 Å². The van der Waals surface area contributed by atoms with E-state index in [9.17, 15) is 18.0 Å². The van der Waals surface area contributed by atoms with E-state index in [4.69, 9.17) is 0 Å². The van der Waals surface area contributed by atoms with Crippen LogP contribution in [0.3, 0.4) is 0 Å². The van der Waals surface area contributed by atoms with Gasteiger partial charge in [0.2, 0.25) is 5.91 Å². The maximum Gasteiger partial charge on any atom is 0.416 e. The Hall–Kier alpha value is -2.63. The summed E-state index contributed by atoms with van der Waals surface area (Å²) in [5.74, 6) is -0.00592. The lowest BCUT2D eigenvalue weighted by atomic mass is 9.70. The first-order valence-electron chi connectivity index (χ1n) is 7.96. The topological polar surface area (TPSA) is 41.5 Å². The van der Waals surface area contributed by atoms with Crippen molar-refractivity contribution in [3.63, 3.8) is 0 Å². The molecule has 1 heterocycles. The number of halogens is 3. The van der Waals surface area contributed by atoms with Crippen molar-refractivity contribution in [2.75, 3.05) is 7.05 Å². The molecule has 3 nitrogen and oxygen atoms in total. The highest BCUT2D eigenvalue weighted by Gasteiger charge is 2.51. The van der Waals surface area contributed by atoms with Gasteiger partial charge in [-0.3, -0.25) is 9.79 Å². The number of amidine groups is 1. The maximum atomic E-state index is 13.3. The molecule has 1 N–H and O–H groups in total. The van der Waals surface area contributed by atoms with Crippen molar-refractivity contribution in [1.29, 1.82) is 0 Å². The SMILES string of the molecule is CN=C1NC(=O)C2(CCc3ccccc32)c2cc(C(F)(F)F)ccc21. The van der Waals surface area contributed by atoms with Crippen molar-refractivity contribution >= 4 is 11.7 Å². The zero-order valence-corrected chi connectivity index (χ0v) is 13.4. The zero-order chi connectivity index (χ0) is 17.8. The average Bonchev–Trinajstić information content (AvgIpc) is 2.98. The number of nitrogens with zero attached hydrogens (tertiary/aromatic N) is 1. The Balaban J connectivity index is 2.04. The van der Waals surface area contributed by atoms with Gasteiger partial charge in [0.05, 0.1) is 5.56 Å². The lowest BCUT2D eigenvalue weighted by molar-refractivity contribution is -0.138. The van der Waals surface area contributed by atoms with Gasteiger partial charge in [-0.2, -0.15) is 13.2 Å². The number of amides is 1. The molecule has 0 aromatic heterocycles. The molecule has 2 aromatic carbocycles. The number of hydrogen-bond acceptors (Lipinski definition) is 2. The van der Waals surface area contributed by atoms with E-state index in [0.717, 1.165) is 23.3 Å². The number of carbonyl (C=O) groups excluding carboxylic acids is 1. The lowest BCUT2D eigenvalue weighted by Gasteiger charge is -2.36. The van der Waals surface area contributed by atoms with Crippen LogP contribution in [0.4, 0.5) is 13.2 Å². The predicted molar refractivity (Wildman–Crippen MR) is 87.6 cm³/mol. The van der Waals surface area contributed by atoms with Gasteiger partial charge in [0, 0.05) is 12.6 Å². The first-order chi connectivity index (χ1) is 11.9. The Morgan fingerprint density at radius 2 is 1.88 bits per heavy atom. The third-order valence-corrected chi connectivity index (χ3v) is 5.15. The zero-order valence-electron chi connectivity index (χ0n) is 13.4. The quantitative estimate of drug-likeness (QED) is 0.781. The van der Waals surface area contributed by atoms with Crippen LogP contribution < -0.4 is 5.32 Å². The number of hydrogen-bond donors (Lipinski definition) is 1. The smallest absolute Gasteiger partial charge is 0.309 e. The minimum absolute atomic E-state index is 0.309. The molecule has 1 unspecified atom stereocenters. The second-order valence-electron chi connectivity index (χ2n) is 6.35. The molecule has 25 heavy (non-hydrogen) atoms. The molecule has 1 spiro atoms. The number of rotatable bonds is 0. The van der Waals surface area contributed by atoms with Crippen LogP contribution in [0.15, 0.2) is 47.5 Å². The van der Waals surface area contributed by atoms with Crippen molar-refractivity contribution in [3.8, 4) is 0 Å². The number of benzene rings is 2. The summed E-state index contributed by atoms with van der Waals surface area (Å²) >= 11 is 0. The van der Waals surface area contributed by atoms with E-state index in [1.807, 2.05) is 24.3 Å². The summed E-state index contributed by atoms with van der Waals surface area (Å²) < 4.78 is 39.8. The highest BCUT2D eigenvalue weighted by Crippen LogP contribution is 2.48. The third-order valence-electron chi connectivity index (χ3n) is 5.15. The molecule has 0 fully saturated rings. The highest BCUT2D eigenvalue weighted by atomic mass is 19.4. The molecule has 0 radical (unpaired) electrons. The van der Waals surface area contributed by atoms with E-state index >= 15 is 0 Å². The van der Waals surface area contributed by atoms with Gasteiger partial charge >= 0.3 is 6.18 Å². The summed E-state index contributed by atoms with van der Waals surface area (Å²) in [6, 6.07) is 11.0. The first kappa shape index (κ1) is 15.9. The molecule has 0 saturated heterocycles. The van der Waals surface area contributed by atoms with E-state index in [1.165, 1.54) is 13.1 Å². The number of aliphatic imine (C=N–C) groups is 1. The van der Waals surface area contributed by atoms with Gasteiger partial charge in [0.15, 0.2) is 0 Å². The van der Waals surface area contributed by atoms with E-state index in [1.54, 1.807) is 0 Å². The second kappa shape index (κ2) is 5.18. The molecule has 2 aromatic rings. The van der Waals surface area contributed by atoms with Gasteiger partial charge in [0.1, 0.15) is 11.3 Å². The van der Waals surface area contributed by atoms with Crippen LogP contribution in [0.1, 0.15) is 34.2 Å². The molecule has 1 amide bonds. The fraction of sp³-hybridized carbons (Fsp3) is 0.263. The van der Waals surface area contributed by atoms with Crippen molar-refractivity contribution in [2.45, 2.75) is 24.4 Å². The monoisotopic (exact) mass is 344 g/mol. The standard InChI is InChI=1S/C19H15F3N2O/c1-23-16-13-7-6-12(19(20,21)22)10-15(13)18(17(25)24-16)9-8-11-4-2-3-5-14(11)18/h2-7,10H,8-9H2,1H3,(H,23,24,25). The summed E-state index contributed by atoms with van der Waals surface area (Å²) in [4.78, 5) is 17.0. The maximum absolute atomic E-state index is 13.3. The molecule has 0 bridgehead atoms. The van der Waals surface area contributed by atoms with Crippen LogP contribution in [-0.4, -0.2) is 18.8 Å². The molecular formula is C19H15F3N2O. The fourth-order valence-electron chi connectivity index (χ4n) is 3.99. The number of nitrogens with one attached hydrogen (secondary N) is 1. The number of fused-ring (bicyclic) bond motifs is 4. The Kier molecular flexibility index (Phi) is 3.29. The summed E-state index contributed by atoms with van der Waals surface area (Å²) in [5, 5.41) is 2.78. The summed E-state index contributed by atoms with van der Waals surface area (Å²) in [5.41, 5.74) is 0.867. The van der Waals surface area contributed by atoms with Gasteiger partial charge in [-0.15, -0.1) is 0 Å². The average molecular weight is 344 g/mol. The van der Waals surface area contributed by atoms with Crippen LogP contribution >= 0.6 is 0 Å². The summed E-state index contributed by atoms with van der Waals surface area (Å²) in [7, 11) is 1.51. The minimum atomic E-state index is -4.47. The van der Waals surface area contributed by atoms with Crippen molar-refractivity contribution in [3.05, 3.63) is 70.3 Å². The van der Waals surface area contributed by atoms with Crippen molar-refractivity contribution in [1.82, 2.24) is 5.32 Å². The van der Waals surface area contributed by atoms with Gasteiger partial charge in [-0.05, 0) is 41.7 Å². The second-order valence-corrected chi connectivity index (χ2v) is 6.35. The fourth-order valence-corrected chi connectivity index (χ4v) is 3.99. The van der Waals surface area contributed by atoms with Crippen LogP contribution in [0.25, 0.3) is 0 Å². The summed E-state index contributed by atoms with van der Waals surface area (Å²) in [6.07, 6.45) is -3.37. The molecule has 6 heteroatoms. The normalized spacial score (nSPS) is 23.5. The highest BCUT2D eigenvalue weighted by molar-refractivity contribution is 6.17. The Morgan fingerprint density at radius 1 is 1.12 bits per heavy atom. The molecule has 1 aliphatic carbocycles. The molecule has 1 atom stereocenters. The van der Waals surface area contributed by atoms with E-state index in [-0.39, 0.29) is 5.91 Å². The van der Waals surface area contributed by atoms with Crippen LogP contribution in [-0.2, 0) is 22.8 Å². The molecule has 2 aliphatic rings. The first-order valence-corrected chi connectivity index (χ1v) is 7.96.